The molecule has 0 unspecified atom stereocenters. The molecule has 2 rings (SSSR count). The number of alkyl halides is 1. The van der Waals surface area contributed by atoms with E-state index in [1.165, 1.54) is 21.0 Å². The third-order valence-corrected chi connectivity index (χ3v) is 4.52. The zero-order valence-corrected chi connectivity index (χ0v) is 12.0. The average Bonchev–Trinajstić information content (AvgIpc) is 2.86. The minimum Gasteiger partial charge on any atom is -0.264 e. The number of thiophene rings is 1. The fourth-order valence-corrected chi connectivity index (χ4v) is 3.25. The summed E-state index contributed by atoms with van der Waals surface area (Å²) in [6, 6.07) is 4.40. The molecular weight excluding hydrogens is 252 g/mol. The zero-order chi connectivity index (χ0) is 12.4. The Morgan fingerprint density at radius 3 is 2.53 bits per heavy atom. The van der Waals surface area contributed by atoms with Crippen LogP contribution in [0, 0.1) is 13.8 Å². The summed E-state index contributed by atoms with van der Waals surface area (Å²) in [7, 11) is 0. The van der Waals surface area contributed by atoms with E-state index in [2.05, 4.69) is 35.8 Å². The van der Waals surface area contributed by atoms with E-state index in [4.69, 9.17) is 11.6 Å². The van der Waals surface area contributed by atoms with Gasteiger partial charge in [0.2, 0.25) is 0 Å². The van der Waals surface area contributed by atoms with Gasteiger partial charge in [0.25, 0.3) is 0 Å². The summed E-state index contributed by atoms with van der Waals surface area (Å²) in [5.41, 5.74) is 3.40. The van der Waals surface area contributed by atoms with Gasteiger partial charge in [-0.1, -0.05) is 6.92 Å². The molecule has 17 heavy (non-hydrogen) atoms. The molecule has 0 saturated heterocycles. The summed E-state index contributed by atoms with van der Waals surface area (Å²) in [6.45, 7) is 7.15. The number of halogens is 1. The first-order valence-corrected chi connectivity index (χ1v) is 7.17. The van der Waals surface area contributed by atoms with E-state index in [1.54, 1.807) is 0 Å². The van der Waals surface area contributed by atoms with E-state index in [-0.39, 0.29) is 0 Å². The van der Waals surface area contributed by atoms with Crippen molar-refractivity contribution in [2.75, 3.05) is 0 Å². The molecule has 92 valence electrons. The third-order valence-electron chi connectivity index (χ3n) is 3.04. The van der Waals surface area contributed by atoms with Crippen molar-refractivity contribution < 1.29 is 0 Å². The van der Waals surface area contributed by atoms with Crippen LogP contribution in [0.15, 0.2) is 12.1 Å². The quantitative estimate of drug-likeness (QED) is 0.769. The molecule has 2 aromatic heterocycles. The molecule has 0 bridgehead atoms. The van der Waals surface area contributed by atoms with Crippen molar-refractivity contribution in [3.63, 3.8) is 0 Å². The topological polar surface area (TPSA) is 17.8 Å². The molecule has 0 radical (unpaired) electrons. The van der Waals surface area contributed by atoms with Gasteiger partial charge < -0.3 is 0 Å². The van der Waals surface area contributed by atoms with Crippen LogP contribution < -0.4 is 0 Å². The van der Waals surface area contributed by atoms with Crippen molar-refractivity contribution in [1.82, 2.24) is 9.78 Å². The first-order chi connectivity index (χ1) is 8.15. The average molecular weight is 269 g/mol. The summed E-state index contributed by atoms with van der Waals surface area (Å²) in [5.74, 6) is 0.544. The molecule has 2 aromatic rings. The fourth-order valence-electron chi connectivity index (χ4n) is 1.93. The Morgan fingerprint density at radius 1 is 1.29 bits per heavy atom. The van der Waals surface area contributed by atoms with Crippen LogP contribution in [0.3, 0.4) is 0 Å². The first-order valence-electron chi connectivity index (χ1n) is 5.82. The molecule has 0 fully saturated rings. The van der Waals surface area contributed by atoms with Gasteiger partial charge in [-0.15, -0.1) is 22.9 Å². The van der Waals surface area contributed by atoms with Crippen LogP contribution in [0.2, 0.25) is 0 Å². The van der Waals surface area contributed by atoms with Crippen LogP contribution >= 0.6 is 22.9 Å². The number of aryl methyl sites for hydroxylation is 2. The van der Waals surface area contributed by atoms with Crippen LogP contribution in [0.1, 0.15) is 33.6 Å². The fraction of sp³-hybridized carbons (Fsp3) is 0.462. The molecule has 4 heteroatoms. The number of hydrogen-bond donors (Lipinski definition) is 0. The molecule has 0 aromatic carbocycles. The van der Waals surface area contributed by atoms with E-state index in [1.807, 2.05) is 18.3 Å². The smallest absolute Gasteiger partial charge is 0.0755 e. The number of hydrogen-bond acceptors (Lipinski definition) is 2. The number of rotatable bonds is 4. The number of nitrogens with zero attached hydrogens (tertiary/aromatic N) is 2. The normalized spacial score (nSPS) is 11.1. The molecule has 2 heterocycles. The van der Waals surface area contributed by atoms with Gasteiger partial charge in [-0.3, -0.25) is 4.68 Å². The van der Waals surface area contributed by atoms with Crippen molar-refractivity contribution in [2.45, 2.75) is 39.6 Å². The summed E-state index contributed by atoms with van der Waals surface area (Å²) in [6.07, 6.45) is 1.11. The minimum absolute atomic E-state index is 0.544. The minimum atomic E-state index is 0.544. The molecule has 0 aliphatic heterocycles. The second-order valence-electron chi connectivity index (χ2n) is 4.16. The van der Waals surface area contributed by atoms with Gasteiger partial charge in [0, 0.05) is 21.0 Å². The van der Waals surface area contributed by atoms with Crippen molar-refractivity contribution >= 4 is 22.9 Å². The Labute approximate surface area is 111 Å². The van der Waals surface area contributed by atoms with E-state index in [0.29, 0.717) is 5.88 Å². The largest absolute Gasteiger partial charge is 0.264 e. The van der Waals surface area contributed by atoms with Crippen molar-refractivity contribution in [1.29, 1.82) is 0 Å². The van der Waals surface area contributed by atoms with E-state index < -0.39 is 0 Å². The molecule has 0 atom stereocenters. The monoisotopic (exact) mass is 268 g/mol. The molecule has 0 aliphatic rings. The van der Waals surface area contributed by atoms with Crippen LogP contribution in [-0.4, -0.2) is 9.78 Å². The molecular formula is C13H17ClN2S. The van der Waals surface area contributed by atoms with Gasteiger partial charge in [0.1, 0.15) is 0 Å². The highest BCUT2D eigenvalue weighted by molar-refractivity contribution is 7.11. The standard InChI is InChI=1S/C13H17ClN2S/c1-4-11-5-6-12(17-11)8-16-10(3)13(7-14)9(2)15-16/h5-6H,4,7-8H2,1-3H3. The Bertz CT molecular complexity index is 513. The highest BCUT2D eigenvalue weighted by Crippen LogP contribution is 2.21. The lowest BCUT2D eigenvalue weighted by atomic mass is 10.2. The molecule has 0 amide bonds. The van der Waals surface area contributed by atoms with Gasteiger partial charge in [0.15, 0.2) is 0 Å². The van der Waals surface area contributed by atoms with E-state index >= 15 is 0 Å². The van der Waals surface area contributed by atoms with Crippen LogP contribution in [0.5, 0.6) is 0 Å². The Morgan fingerprint density at radius 2 is 2.00 bits per heavy atom. The van der Waals surface area contributed by atoms with Crippen LogP contribution in [-0.2, 0) is 18.8 Å². The van der Waals surface area contributed by atoms with Gasteiger partial charge in [-0.25, -0.2) is 0 Å². The lowest BCUT2D eigenvalue weighted by molar-refractivity contribution is 0.665. The maximum atomic E-state index is 5.93. The molecule has 0 saturated carbocycles. The van der Waals surface area contributed by atoms with Gasteiger partial charge in [-0.05, 0) is 32.4 Å². The molecule has 2 nitrogen and oxygen atoms in total. The van der Waals surface area contributed by atoms with Crippen molar-refractivity contribution in [2.24, 2.45) is 0 Å². The predicted octanol–water partition coefficient (Wildman–Crippen LogP) is 3.91. The summed E-state index contributed by atoms with van der Waals surface area (Å²) in [5, 5.41) is 4.55. The third kappa shape index (κ3) is 2.55. The zero-order valence-electron chi connectivity index (χ0n) is 10.5. The lowest BCUT2D eigenvalue weighted by Gasteiger charge is -2.02. The van der Waals surface area contributed by atoms with E-state index in [9.17, 15) is 0 Å². The van der Waals surface area contributed by atoms with Gasteiger partial charge >= 0.3 is 0 Å². The second-order valence-corrected chi connectivity index (χ2v) is 5.68. The maximum absolute atomic E-state index is 5.93. The molecule has 0 N–H and O–H groups in total. The van der Waals surface area contributed by atoms with Gasteiger partial charge in [0.05, 0.1) is 18.1 Å². The van der Waals surface area contributed by atoms with Crippen LogP contribution in [0.25, 0.3) is 0 Å². The van der Waals surface area contributed by atoms with Gasteiger partial charge in [-0.2, -0.15) is 5.10 Å². The SMILES string of the molecule is CCc1ccc(Cn2nc(C)c(CCl)c2C)s1. The lowest BCUT2D eigenvalue weighted by Crippen LogP contribution is -2.02. The summed E-state index contributed by atoms with van der Waals surface area (Å²) < 4.78 is 2.05. The second kappa shape index (κ2) is 5.23. The van der Waals surface area contributed by atoms with Crippen molar-refractivity contribution in [3.05, 3.63) is 38.8 Å². The summed E-state index contributed by atoms with van der Waals surface area (Å²) >= 11 is 7.79. The maximum Gasteiger partial charge on any atom is 0.0755 e. The number of aromatic nitrogens is 2. The predicted molar refractivity (Wildman–Crippen MR) is 74.1 cm³/mol. The highest BCUT2D eigenvalue weighted by atomic mass is 35.5. The Kier molecular flexibility index (Phi) is 3.89. The Hall–Kier alpha value is -0.800. The molecule has 0 aliphatic carbocycles. The highest BCUT2D eigenvalue weighted by Gasteiger charge is 2.11. The van der Waals surface area contributed by atoms with Crippen LogP contribution in [0.4, 0.5) is 0 Å². The molecule has 0 spiro atoms. The first kappa shape index (κ1) is 12.7. The van der Waals surface area contributed by atoms with Crippen molar-refractivity contribution in [3.8, 4) is 0 Å². The van der Waals surface area contributed by atoms with E-state index in [0.717, 1.165) is 18.7 Å². The summed E-state index contributed by atoms with van der Waals surface area (Å²) in [4.78, 5) is 2.78. The Balaban J connectivity index is 2.24.